The molecule has 0 aliphatic heterocycles. The number of aromatic nitrogens is 1. The van der Waals surface area contributed by atoms with Gasteiger partial charge in [0.05, 0.1) is 11.1 Å². The van der Waals surface area contributed by atoms with Gasteiger partial charge in [-0.15, -0.1) is 0 Å². The Morgan fingerprint density at radius 3 is 2.57 bits per heavy atom. The molecule has 0 fully saturated rings. The zero-order valence-corrected chi connectivity index (χ0v) is 16.4. The first-order chi connectivity index (χ1) is 13.4. The van der Waals surface area contributed by atoms with Crippen molar-refractivity contribution in [2.75, 3.05) is 6.54 Å². The Bertz CT molecular complexity index is 999. The second kappa shape index (κ2) is 8.65. The minimum Gasteiger partial charge on any atom is -0.449 e. The molecule has 1 aromatic heterocycles. The predicted octanol–water partition coefficient (Wildman–Crippen LogP) is 3.76. The molecule has 0 spiro atoms. The molecule has 0 saturated heterocycles. The molecule has 1 heterocycles. The predicted molar refractivity (Wildman–Crippen MR) is 109 cm³/mol. The average molecular weight is 376 g/mol. The molecule has 144 valence electrons. The molecule has 3 rings (SSSR count). The maximum atomic E-state index is 12.7. The highest BCUT2D eigenvalue weighted by atomic mass is 16.5. The van der Waals surface area contributed by atoms with Gasteiger partial charge >= 0.3 is 5.97 Å². The zero-order valence-electron chi connectivity index (χ0n) is 16.4. The molecular formula is C23H24N2O3. The number of fused-ring (bicyclic) bond motifs is 1. The fraction of sp³-hybridized carbons (Fsp3) is 0.261. The highest BCUT2D eigenvalue weighted by molar-refractivity contribution is 6.04. The average Bonchev–Trinajstić information content (AvgIpc) is 2.68. The fourth-order valence-corrected chi connectivity index (χ4v) is 3.04. The molecule has 0 aliphatic rings. The number of aryl methyl sites for hydroxylation is 2. The third-order valence-electron chi connectivity index (χ3n) is 4.52. The summed E-state index contributed by atoms with van der Waals surface area (Å²) < 4.78 is 5.43. The minimum absolute atomic E-state index is 0.310. The van der Waals surface area contributed by atoms with Gasteiger partial charge in [-0.05, 0) is 51.0 Å². The van der Waals surface area contributed by atoms with Crippen LogP contribution in [0.2, 0.25) is 0 Å². The number of hydrogen-bond acceptors (Lipinski definition) is 4. The maximum Gasteiger partial charge on any atom is 0.339 e. The highest BCUT2D eigenvalue weighted by Crippen LogP contribution is 2.21. The van der Waals surface area contributed by atoms with Crippen LogP contribution in [0.5, 0.6) is 0 Å². The molecule has 3 aromatic rings. The van der Waals surface area contributed by atoms with E-state index in [1.807, 2.05) is 62.4 Å². The minimum atomic E-state index is -0.878. The molecule has 2 aromatic carbocycles. The van der Waals surface area contributed by atoms with Crippen molar-refractivity contribution < 1.29 is 14.3 Å². The van der Waals surface area contributed by atoms with Crippen LogP contribution in [0, 0.1) is 13.8 Å². The van der Waals surface area contributed by atoms with E-state index in [1.54, 1.807) is 13.0 Å². The lowest BCUT2D eigenvalue weighted by Crippen LogP contribution is -2.37. The molecule has 1 amide bonds. The van der Waals surface area contributed by atoms with Crippen LogP contribution in [0.4, 0.5) is 0 Å². The van der Waals surface area contributed by atoms with E-state index >= 15 is 0 Å². The molecular weight excluding hydrogens is 352 g/mol. The van der Waals surface area contributed by atoms with Crippen LogP contribution in [-0.4, -0.2) is 29.5 Å². The van der Waals surface area contributed by atoms with Crippen LogP contribution in [0.15, 0.2) is 54.6 Å². The fourth-order valence-electron chi connectivity index (χ4n) is 3.04. The summed E-state index contributed by atoms with van der Waals surface area (Å²) in [5, 5.41) is 3.55. The Morgan fingerprint density at radius 1 is 1.07 bits per heavy atom. The van der Waals surface area contributed by atoms with E-state index in [-0.39, 0.29) is 5.91 Å². The van der Waals surface area contributed by atoms with E-state index in [4.69, 9.17) is 4.74 Å². The maximum absolute atomic E-state index is 12.7. The van der Waals surface area contributed by atoms with Crippen LogP contribution in [0.1, 0.15) is 34.1 Å². The van der Waals surface area contributed by atoms with Crippen molar-refractivity contribution in [3.63, 3.8) is 0 Å². The van der Waals surface area contributed by atoms with E-state index in [0.717, 1.165) is 34.1 Å². The summed E-state index contributed by atoms with van der Waals surface area (Å²) in [4.78, 5) is 29.4. The topological polar surface area (TPSA) is 68.3 Å². The van der Waals surface area contributed by atoms with Gasteiger partial charge in [-0.2, -0.15) is 0 Å². The van der Waals surface area contributed by atoms with Crippen LogP contribution < -0.4 is 5.32 Å². The molecule has 5 heteroatoms. The van der Waals surface area contributed by atoms with Crippen molar-refractivity contribution in [1.29, 1.82) is 0 Å². The van der Waals surface area contributed by atoms with Gasteiger partial charge in [0.1, 0.15) is 0 Å². The first-order valence-corrected chi connectivity index (χ1v) is 9.34. The number of benzene rings is 2. The van der Waals surface area contributed by atoms with Gasteiger partial charge in [-0.3, -0.25) is 9.78 Å². The van der Waals surface area contributed by atoms with Gasteiger partial charge in [0.15, 0.2) is 6.10 Å². The van der Waals surface area contributed by atoms with Crippen molar-refractivity contribution in [2.24, 2.45) is 0 Å². The SMILES string of the molecule is Cc1ccc2nc(C)cc(C(=O)OC(C)C(=O)NCCc3ccccc3)c2c1. The van der Waals surface area contributed by atoms with E-state index < -0.39 is 12.1 Å². The van der Waals surface area contributed by atoms with Crippen LogP contribution in [-0.2, 0) is 16.0 Å². The Labute approximate surface area is 164 Å². The second-order valence-electron chi connectivity index (χ2n) is 6.91. The number of carbonyl (C=O) groups is 2. The molecule has 0 bridgehead atoms. The smallest absolute Gasteiger partial charge is 0.339 e. The summed E-state index contributed by atoms with van der Waals surface area (Å²) in [5.41, 5.74) is 4.05. The number of rotatable bonds is 6. The summed E-state index contributed by atoms with van der Waals surface area (Å²) in [5.74, 6) is -0.831. The summed E-state index contributed by atoms with van der Waals surface area (Å²) in [6, 6.07) is 17.3. The van der Waals surface area contributed by atoms with Gasteiger partial charge in [-0.25, -0.2) is 4.79 Å². The first-order valence-electron chi connectivity index (χ1n) is 9.34. The monoisotopic (exact) mass is 376 g/mol. The van der Waals surface area contributed by atoms with Crippen LogP contribution in [0.3, 0.4) is 0 Å². The summed E-state index contributed by atoms with van der Waals surface area (Å²) in [6.07, 6.45) is -0.155. The second-order valence-corrected chi connectivity index (χ2v) is 6.91. The molecule has 28 heavy (non-hydrogen) atoms. The normalized spacial score (nSPS) is 11.8. The van der Waals surface area contributed by atoms with Crippen molar-refractivity contribution in [3.05, 3.63) is 77.0 Å². The molecule has 1 unspecified atom stereocenters. The standard InChI is InChI=1S/C23H24N2O3/c1-15-9-10-21-19(13-15)20(14-16(2)25-21)23(27)28-17(3)22(26)24-12-11-18-7-5-4-6-8-18/h4-10,13-14,17H,11-12H2,1-3H3,(H,24,26). The number of nitrogens with zero attached hydrogens (tertiary/aromatic N) is 1. The van der Waals surface area contributed by atoms with Gasteiger partial charge in [0.2, 0.25) is 0 Å². The third kappa shape index (κ3) is 4.74. The lowest BCUT2D eigenvalue weighted by Gasteiger charge is -2.15. The van der Waals surface area contributed by atoms with Crippen molar-refractivity contribution in [1.82, 2.24) is 10.3 Å². The number of hydrogen-bond donors (Lipinski definition) is 1. The number of ether oxygens (including phenoxy) is 1. The molecule has 1 atom stereocenters. The van der Waals surface area contributed by atoms with Crippen LogP contribution >= 0.6 is 0 Å². The summed E-state index contributed by atoms with van der Waals surface area (Å²) in [7, 11) is 0. The number of pyridine rings is 1. The molecule has 5 nitrogen and oxygen atoms in total. The third-order valence-corrected chi connectivity index (χ3v) is 4.52. The van der Waals surface area contributed by atoms with E-state index in [1.165, 1.54) is 0 Å². The van der Waals surface area contributed by atoms with Crippen molar-refractivity contribution >= 4 is 22.8 Å². The Hall–Kier alpha value is -3.21. The number of carbonyl (C=O) groups excluding carboxylic acids is 2. The Balaban J connectivity index is 1.64. The summed E-state index contributed by atoms with van der Waals surface area (Å²) >= 11 is 0. The molecule has 0 radical (unpaired) electrons. The largest absolute Gasteiger partial charge is 0.449 e. The Kier molecular flexibility index (Phi) is 6.04. The van der Waals surface area contributed by atoms with Crippen molar-refractivity contribution in [2.45, 2.75) is 33.3 Å². The highest BCUT2D eigenvalue weighted by Gasteiger charge is 2.20. The van der Waals surface area contributed by atoms with Gasteiger partial charge in [0.25, 0.3) is 5.91 Å². The number of esters is 1. The number of amides is 1. The van der Waals surface area contributed by atoms with E-state index in [2.05, 4.69) is 10.3 Å². The molecule has 1 N–H and O–H groups in total. The lowest BCUT2D eigenvalue weighted by atomic mass is 10.1. The van der Waals surface area contributed by atoms with E-state index in [0.29, 0.717) is 12.1 Å². The van der Waals surface area contributed by atoms with Gasteiger partial charge in [0, 0.05) is 17.6 Å². The molecule has 0 aliphatic carbocycles. The van der Waals surface area contributed by atoms with Gasteiger partial charge < -0.3 is 10.1 Å². The first kappa shape index (κ1) is 19.5. The van der Waals surface area contributed by atoms with Crippen LogP contribution in [0.25, 0.3) is 10.9 Å². The quantitative estimate of drug-likeness (QED) is 0.665. The number of nitrogens with one attached hydrogen (secondary N) is 1. The van der Waals surface area contributed by atoms with Gasteiger partial charge in [-0.1, -0.05) is 42.0 Å². The van der Waals surface area contributed by atoms with Crippen molar-refractivity contribution in [3.8, 4) is 0 Å². The zero-order chi connectivity index (χ0) is 20.1. The lowest BCUT2D eigenvalue weighted by molar-refractivity contribution is -0.129. The summed E-state index contributed by atoms with van der Waals surface area (Å²) in [6.45, 7) is 5.85. The Morgan fingerprint density at radius 2 is 1.82 bits per heavy atom. The van der Waals surface area contributed by atoms with E-state index in [9.17, 15) is 9.59 Å². The molecule has 0 saturated carbocycles.